The standard InChI is InChI=1S/C5H8N2S.C2H6/c1-2-6-5-7-3-4-8-5;1-2/h3-4H,2H2,1H3,(H,6,7);1-2H3. The van der Waals surface area contributed by atoms with Gasteiger partial charge < -0.3 is 5.32 Å². The van der Waals surface area contributed by atoms with Gasteiger partial charge in [-0.2, -0.15) is 0 Å². The van der Waals surface area contributed by atoms with Crippen LogP contribution in [0.2, 0.25) is 0 Å². The first-order valence-electron chi connectivity index (χ1n) is 3.57. The second kappa shape index (κ2) is 6.55. The molecule has 3 heteroatoms. The molecule has 0 spiro atoms. The van der Waals surface area contributed by atoms with Crippen molar-refractivity contribution < 1.29 is 0 Å². The summed E-state index contributed by atoms with van der Waals surface area (Å²) in [6, 6.07) is 0. The number of thiazole rings is 1. The lowest BCUT2D eigenvalue weighted by Gasteiger charge is -1.91. The Morgan fingerprint density at radius 1 is 1.60 bits per heavy atom. The Bertz CT molecular complexity index is 137. The molecular weight excluding hydrogens is 144 g/mol. The third-order valence-corrected chi connectivity index (χ3v) is 1.49. The van der Waals surface area contributed by atoms with Gasteiger partial charge in [0.2, 0.25) is 0 Å². The molecule has 0 fully saturated rings. The summed E-state index contributed by atoms with van der Waals surface area (Å²) in [6.07, 6.45) is 1.79. The van der Waals surface area contributed by atoms with E-state index in [0.717, 1.165) is 11.7 Å². The largest absolute Gasteiger partial charge is 0.362 e. The Kier molecular flexibility index (Phi) is 6.18. The highest BCUT2D eigenvalue weighted by molar-refractivity contribution is 7.13. The summed E-state index contributed by atoms with van der Waals surface area (Å²) in [4.78, 5) is 4.01. The van der Waals surface area contributed by atoms with E-state index in [2.05, 4.69) is 17.2 Å². The van der Waals surface area contributed by atoms with Crippen LogP contribution >= 0.6 is 11.3 Å². The second-order valence-electron chi connectivity index (χ2n) is 1.37. The first-order valence-corrected chi connectivity index (χ1v) is 4.45. The van der Waals surface area contributed by atoms with Crippen LogP contribution in [0.1, 0.15) is 20.8 Å². The molecule has 0 saturated heterocycles. The molecule has 1 aromatic rings. The molecule has 1 N–H and O–H groups in total. The minimum atomic E-state index is 0.952. The second-order valence-corrected chi connectivity index (χ2v) is 2.26. The minimum Gasteiger partial charge on any atom is -0.362 e. The summed E-state index contributed by atoms with van der Waals surface area (Å²) < 4.78 is 0. The van der Waals surface area contributed by atoms with Crippen molar-refractivity contribution in [2.24, 2.45) is 0 Å². The van der Waals surface area contributed by atoms with Gasteiger partial charge in [-0.3, -0.25) is 0 Å². The first kappa shape index (κ1) is 9.43. The average Bonchev–Trinajstić information content (AvgIpc) is 2.46. The molecule has 0 aromatic carbocycles. The van der Waals surface area contributed by atoms with Crippen LogP contribution in [-0.4, -0.2) is 11.5 Å². The summed E-state index contributed by atoms with van der Waals surface area (Å²) in [5.41, 5.74) is 0. The van der Waals surface area contributed by atoms with Crippen molar-refractivity contribution in [1.29, 1.82) is 0 Å². The molecule has 0 amide bonds. The van der Waals surface area contributed by atoms with Gasteiger partial charge in [-0.1, -0.05) is 13.8 Å². The molecule has 10 heavy (non-hydrogen) atoms. The Hall–Kier alpha value is -0.570. The zero-order valence-corrected chi connectivity index (χ0v) is 7.53. The van der Waals surface area contributed by atoms with Crippen molar-refractivity contribution in [3.05, 3.63) is 11.6 Å². The van der Waals surface area contributed by atoms with Crippen LogP contribution in [0.25, 0.3) is 0 Å². The van der Waals surface area contributed by atoms with Crippen molar-refractivity contribution in [1.82, 2.24) is 4.98 Å². The maximum absolute atomic E-state index is 4.01. The smallest absolute Gasteiger partial charge is 0.182 e. The van der Waals surface area contributed by atoms with Gasteiger partial charge in [0, 0.05) is 18.1 Å². The molecule has 1 heterocycles. The van der Waals surface area contributed by atoms with Crippen molar-refractivity contribution in [2.45, 2.75) is 20.8 Å². The summed E-state index contributed by atoms with van der Waals surface area (Å²) in [5, 5.41) is 6.06. The number of aromatic nitrogens is 1. The van der Waals surface area contributed by atoms with E-state index in [1.807, 2.05) is 19.2 Å². The zero-order valence-electron chi connectivity index (χ0n) is 6.72. The topological polar surface area (TPSA) is 24.9 Å². The van der Waals surface area contributed by atoms with Crippen LogP contribution in [0.4, 0.5) is 5.13 Å². The van der Waals surface area contributed by atoms with Crippen LogP contribution in [0.15, 0.2) is 11.6 Å². The van der Waals surface area contributed by atoms with E-state index in [1.54, 1.807) is 17.5 Å². The van der Waals surface area contributed by atoms with E-state index in [9.17, 15) is 0 Å². The highest BCUT2D eigenvalue weighted by Crippen LogP contribution is 2.08. The first-order chi connectivity index (χ1) is 4.93. The van der Waals surface area contributed by atoms with Crippen molar-refractivity contribution in [2.75, 3.05) is 11.9 Å². The molecule has 0 aliphatic rings. The van der Waals surface area contributed by atoms with E-state index < -0.39 is 0 Å². The Balaban J connectivity index is 0.000000371. The summed E-state index contributed by atoms with van der Waals surface area (Å²) in [6.45, 7) is 7.01. The molecule has 0 aliphatic heterocycles. The molecule has 0 atom stereocenters. The van der Waals surface area contributed by atoms with Crippen molar-refractivity contribution in [3.63, 3.8) is 0 Å². The van der Waals surface area contributed by atoms with Gasteiger partial charge in [-0.05, 0) is 6.92 Å². The van der Waals surface area contributed by atoms with Crippen LogP contribution in [0.5, 0.6) is 0 Å². The van der Waals surface area contributed by atoms with Crippen molar-refractivity contribution in [3.8, 4) is 0 Å². The summed E-state index contributed by atoms with van der Waals surface area (Å²) >= 11 is 1.63. The van der Waals surface area contributed by atoms with E-state index in [4.69, 9.17) is 0 Å². The quantitative estimate of drug-likeness (QED) is 0.715. The van der Waals surface area contributed by atoms with Gasteiger partial charge in [0.15, 0.2) is 5.13 Å². The van der Waals surface area contributed by atoms with Crippen LogP contribution in [0.3, 0.4) is 0 Å². The van der Waals surface area contributed by atoms with Gasteiger partial charge in [-0.25, -0.2) is 4.98 Å². The molecule has 58 valence electrons. The third-order valence-electron chi connectivity index (χ3n) is 0.760. The summed E-state index contributed by atoms with van der Waals surface area (Å²) in [5.74, 6) is 0. The fourth-order valence-electron chi connectivity index (χ4n) is 0.462. The lowest BCUT2D eigenvalue weighted by molar-refractivity contribution is 1.19. The molecule has 1 rings (SSSR count). The number of nitrogens with zero attached hydrogens (tertiary/aromatic N) is 1. The Morgan fingerprint density at radius 3 is 2.70 bits per heavy atom. The molecule has 0 unspecified atom stereocenters. The van der Waals surface area contributed by atoms with Crippen LogP contribution in [0, 0.1) is 0 Å². The van der Waals surface area contributed by atoms with Gasteiger partial charge in [0.05, 0.1) is 0 Å². The SMILES string of the molecule is CC.CCNc1nccs1. The highest BCUT2D eigenvalue weighted by atomic mass is 32.1. The maximum Gasteiger partial charge on any atom is 0.182 e. The van der Waals surface area contributed by atoms with Crippen molar-refractivity contribution >= 4 is 16.5 Å². The Labute approximate surface area is 66.3 Å². The molecule has 0 bridgehead atoms. The highest BCUT2D eigenvalue weighted by Gasteiger charge is 1.86. The molecule has 1 aromatic heterocycles. The number of anilines is 1. The predicted octanol–water partition coefficient (Wildman–Crippen LogP) is 2.60. The molecule has 0 radical (unpaired) electrons. The zero-order chi connectivity index (χ0) is 7.82. The van der Waals surface area contributed by atoms with E-state index in [1.165, 1.54) is 0 Å². The van der Waals surface area contributed by atoms with Gasteiger partial charge in [0.1, 0.15) is 0 Å². The van der Waals surface area contributed by atoms with E-state index >= 15 is 0 Å². The summed E-state index contributed by atoms with van der Waals surface area (Å²) in [7, 11) is 0. The number of rotatable bonds is 2. The van der Waals surface area contributed by atoms with Crippen LogP contribution in [-0.2, 0) is 0 Å². The predicted molar refractivity (Wildman–Crippen MR) is 47.6 cm³/mol. The minimum absolute atomic E-state index is 0.952. The third kappa shape index (κ3) is 3.45. The monoisotopic (exact) mass is 158 g/mol. The molecule has 0 aliphatic carbocycles. The van der Waals surface area contributed by atoms with E-state index in [-0.39, 0.29) is 0 Å². The van der Waals surface area contributed by atoms with E-state index in [0.29, 0.717) is 0 Å². The van der Waals surface area contributed by atoms with Gasteiger partial charge in [-0.15, -0.1) is 11.3 Å². The normalized spacial score (nSPS) is 7.90. The number of nitrogens with one attached hydrogen (secondary N) is 1. The fourth-order valence-corrected chi connectivity index (χ4v) is 1.06. The maximum atomic E-state index is 4.01. The molecule has 0 saturated carbocycles. The number of hydrogen-bond donors (Lipinski definition) is 1. The lowest BCUT2D eigenvalue weighted by Crippen LogP contribution is -1.93. The lowest BCUT2D eigenvalue weighted by atomic mass is 10.8. The van der Waals surface area contributed by atoms with Gasteiger partial charge in [0.25, 0.3) is 0 Å². The molecular formula is C7H14N2S. The molecule has 2 nitrogen and oxygen atoms in total. The fraction of sp³-hybridized carbons (Fsp3) is 0.571. The average molecular weight is 158 g/mol. The van der Waals surface area contributed by atoms with Gasteiger partial charge >= 0.3 is 0 Å². The Morgan fingerprint density at radius 2 is 2.30 bits per heavy atom. The van der Waals surface area contributed by atoms with Crippen LogP contribution < -0.4 is 5.32 Å². The number of hydrogen-bond acceptors (Lipinski definition) is 3.